The highest BCUT2D eigenvalue weighted by molar-refractivity contribution is 9.12. The number of ether oxygens (including phenoxy) is 3. The van der Waals surface area contributed by atoms with E-state index in [-0.39, 0.29) is 25.4 Å². The zero-order valence-corrected chi connectivity index (χ0v) is 27.7. The molecule has 226 valence electrons. The summed E-state index contributed by atoms with van der Waals surface area (Å²) in [5.41, 5.74) is 10.8. The lowest BCUT2D eigenvalue weighted by atomic mass is 10.0. The molecule has 0 amide bonds. The van der Waals surface area contributed by atoms with Crippen LogP contribution in [0.2, 0.25) is 0 Å². The van der Waals surface area contributed by atoms with E-state index in [0.717, 1.165) is 28.7 Å². The number of para-hydroxylation sites is 2. The second-order valence-electron chi connectivity index (χ2n) is 8.95. The van der Waals surface area contributed by atoms with Gasteiger partial charge in [-0.3, -0.25) is 0 Å². The minimum absolute atomic E-state index is 0.0354. The van der Waals surface area contributed by atoms with Gasteiger partial charge in [-0.15, -0.1) is 0 Å². The zero-order valence-electron chi connectivity index (χ0n) is 26.1. The van der Waals surface area contributed by atoms with Crippen molar-refractivity contribution in [3.63, 3.8) is 0 Å². The van der Waals surface area contributed by atoms with Crippen molar-refractivity contribution in [2.75, 3.05) is 33.5 Å². The molecule has 2 unspecified atom stereocenters. The summed E-state index contributed by atoms with van der Waals surface area (Å²) in [6.45, 7) is 17.9. The van der Waals surface area contributed by atoms with Gasteiger partial charge in [0.1, 0.15) is 13.2 Å². The van der Waals surface area contributed by atoms with Gasteiger partial charge in [-0.05, 0) is 65.5 Å². The van der Waals surface area contributed by atoms with Crippen molar-refractivity contribution in [3.8, 4) is 11.5 Å². The molecule has 2 aromatic rings. The van der Waals surface area contributed by atoms with Gasteiger partial charge in [-0.1, -0.05) is 90.4 Å². The third-order valence-electron chi connectivity index (χ3n) is 5.84. The second-order valence-corrected chi connectivity index (χ2v) is 9.75. The Balaban J connectivity index is 0.000000903. The standard InChI is InChI=1S/C19H27BrN2O4.C10H14.2C2H6/c1-3-22-15-11-14(24-2)10-13(18(20)19(15)21)12-26-17-7-5-4-6-16(17)25-9-8-23;1-8(2)10-6-4-9(3)5-7-10;2*1-2/h4-7,10,14-15,22-23H,3,8-9,11-12,21H2,1-2H3;4-8H,1-3H3;2*1-2H3. The number of hydrogen-bond acceptors (Lipinski definition) is 6. The number of halogens is 1. The lowest BCUT2D eigenvalue weighted by Crippen LogP contribution is -2.36. The van der Waals surface area contributed by atoms with Gasteiger partial charge in [0.05, 0.1) is 18.8 Å². The van der Waals surface area contributed by atoms with Crippen LogP contribution in [0.5, 0.6) is 11.5 Å². The van der Waals surface area contributed by atoms with Crippen LogP contribution in [-0.2, 0) is 4.74 Å². The molecule has 4 N–H and O–H groups in total. The molecule has 1 aliphatic rings. The van der Waals surface area contributed by atoms with Gasteiger partial charge >= 0.3 is 0 Å². The average molecular weight is 622 g/mol. The van der Waals surface area contributed by atoms with Crippen molar-refractivity contribution in [1.29, 1.82) is 0 Å². The molecule has 6 nitrogen and oxygen atoms in total. The van der Waals surface area contributed by atoms with E-state index < -0.39 is 0 Å². The Morgan fingerprint density at radius 1 is 1.00 bits per heavy atom. The molecule has 7 heteroatoms. The number of nitrogens with one attached hydrogen (secondary N) is 1. The summed E-state index contributed by atoms with van der Waals surface area (Å²) in [7, 11) is 1.69. The van der Waals surface area contributed by atoms with Crippen molar-refractivity contribution in [1.82, 2.24) is 5.32 Å². The Bertz CT molecular complexity index is 990. The largest absolute Gasteiger partial charge is 0.487 e. The van der Waals surface area contributed by atoms with Gasteiger partial charge in [0, 0.05) is 22.9 Å². The number of nitrogens with two attached hydrogens (primary N) is 1. The molecule has 2 aromatic carbocycles. The van der Waals surface area contributed by atoms with E-state index >= 15 is 0 Å². The Labute approximate surface area is 252 Å². The van der Waals surface area contributed by atoms with Crippen LogP contribution in [0.25, 0.3) is 0 Å². The third kappa shape index (κ3) is 13.4. The minimum Gasteiger partial charge on any atom is -0.487 e. The number of hydrogen-bond donors (Lipinski definition) is 3. The molecule has 0 radical (unpaired) electrons. The van der Waals surface area contributed by atoms with Gasteiger partial charge in [-0.25, -0.2) is 0 Å². The van der Waals surface area contributed by atoms with Gasteiger partial charge < -0.3 is 30.4 Å². The summed E-state index contributed by atoms with van der Waals surface area (Å²) >= 11 is 3.62. The minimum atomic E-state index is -0.0628. The van der Waals surface area contributed by atoms with Gasteiger partial charge in [0.2, 0.25) is 0 Å². The fourth-order valence-corrected chi connectivity index (χ4v) is 4.25. The quantitative estimate of drug-likeness (QED) is 0.255. The van der Waals surface area contributed by atoms with Crippen molar-refractivity contribution >= 4 is 15.9 Å². The Morgan fingerprint density at radius 2 is 1.57 bits per heavy atom. The van der Waals surface area contributed by atoms with Gasteiger partial charge in [0.15, 0.2) is 11.5 Å². The molecule has 0 spiro atoms. The SMILES string of the molecule is CC.CC.CCNC1CC(OC)C=C(COc2ccccc2OCCO)C(Br)=C1N.Cc1ccc(C(C)C)cc1. The first-order valence-corrected chi connectivity index (χ1v) is 15.2. The van der Waals surface area contributed by atoms with Crippen molar-refractivity contribution in [3.05, 3.63) is 81.5 Å². The van der Waals surface area contributed by atoms with Gasteiger partial charge in [0.25, 0.3) is 0 Å². The van der Waals surface area contributed by atoms with Crippen LogP contribution in [0.4, 0.5) is 0 Å². The number of likely N-dealkylation sites (N-methyl/N-ethyl adjacent to an activating group) is 1. The number of aryl methyl sites for hydroxylation is 1. The molecule has 0 bridgehead atoms. The zero-order chi connectivity index (χ0) is 30.5. The summed E-state index contributed by atoms with van der Waals surface area (Å²) in [4.78, 5) is 0. The monoisotopic (exact) mass is 620 g/mol. The highest BCUT2D eigenvalue weighted by atomic mass is 79.9. The Kier molecular flexibility index (Phi) is 21.1. The van der Waals surface area contributed by atoms with Crippen LogP contribution in [0.15, 0.2) is 70.4 Å². The molecule has 1 aliphatic carbocycles. The highest BCUT2D eigenvalue weighted by Gasteiger charge is 2.25. The highest BCUT2D eigenvalue weighted by Crippen LogP contribution is 2.31. The summed E-state index contributed by atoms with van der Waals surface area (Å²) in [5.74, 6) is 1.86. The summed E-state index contributed by atoms with van der Waals surface area (Å²) < 4.78 is 17.9. The number of rotatable bonds is 10. The van der Waals surface area contributed by atoms with Crippen LogP contribution < -0.4 is 20.5 Å². The molecule has 0 aliphatic heterocycles. The first kappa shape index (κ1) is 37.7. The summed E-state index contributed by atoms with van der Waals surface area (Å²) in [6.07, 6.45) is 2.73. The first-order chi connectivity index (χ1) is 19.3. The molecule has 0 saturated carbocycles. The third-order valence-corrected chi connectivity index (χ3v) is 6.81. The smallest absolute Gasteiger partial charge is 0.161 e. The lowest BCUT2D eigenvalue weighted by molar-refractivity contribution is 0.126. The van der Waals surface area contributed by atoms with E-state index in [1.165, 1.54) is 11.1 Å². The second kappa shape index (κ2) is 22.4. The molecule has 3 rings (SSSR count). The molecular formula is C33H53BrN2O4. The maximum Gasteiger partial charge on any atom is 0.161 e. The Morgan fingerprint density at radius 3 is 2.08 bits per heavy atom. The van der Waals surface area contributed by atoms with E-state index in [9.17, 15) is 0 Å². The summed E-state index contributed by atoms with van der Waals surface area (Å²) in [6, 6.07) is 16.1. The number of benzene rings is 2. The number of methoxy groups -OCH3 is 1. The maximum atomic E-state index is 8.95. The van der Waals surface area contributed by atoms with Crippen LogP contribution in [-0.4, -0.2) is 50.7 Å². The average Bonchev–Trinajstić information content (AvgIpc) is 3.10. The molecule has 0 heterocycles. The normalized spacial score (nSPS) is 16.2. The van der Waals surface area contributed by atoms with E-state index in [1.54, 1.807) is 7.11 Å². The van der Waals surface area contributed by atoms with Gasteiger partial charge in [-0.2, -0.15) is 0 Å². The molecule has 2 atom stereocenters. The fourth-order valence-electron chi connectivity index (χ4n) is 3.73. The molecule has 40 heavy (non-hydrogen) atoms. The van der Waals surface area contributed by atoms with Crippen LogP contribution in [0.3, 0.4) is 0 Å². The predicted octanol–water partition coefficient (Wildman–Crippen LogP) is 7.50. The van der Waals surface area contributed by atoms with E-state index in [1.807, 2.05) is 58.0 Å². The van der Waals surface area contributed by atoms with E-state index in [4.69, 9.17) is 25.1 Å². The van der Waals surface area contributed by atoms with Crippen molar-refractivity contribution in [2.24, 2.45) is 5.73 Å². The molecule has 0 aromatic heterocycles. The molecule has 0 fully saturated rings. The predicted molar refractivity (Wildman–Crippen MR) is 174 cm³/mol. The summed E-state index contributed by atoms with van der Waals surface area (Å²) in [5, 5.41) is 12.3. The maximum absolute atomic E-state index is 8.95. The lowest BCUT2D eigenvalue weighted by Gasteiger charge is -2.20. The molecule has 0 saturated heterocycles. The molecular weight excluding hydrogens is 568 g/mol. The van der Waals surface area contributed by atoms with E-state index in [2.05, 4.69) is 73.2 Å². The van der Waals surface area contributed by atoms with Crippen LogP contribution in [0, 0.1) is 6.92 Å². The van der Waals surface area contributed by atoms with Crippen LogP contribution >= 0.6 is 15.9 Å². The fraction of sp³-hybridized carbons (Fsp3) is 0.515. The Hall–Kier alpha value is -2.32. The van der Waals surface area contributed by atoms with Crippen LogP contribution in [0.1, 0.15) is 71.9 Å². The number of aliphatic hydroxyl groups excluding tert-OH is 1. The van der Waals surface area contributed by atoms with E-state index in [0.29, 0.717) is 24.0 Å². The topological polar surface area (TPSA) is 86.0 Å². The number of aliphatic hydroxyl groups is 1. The van der Waals surface area contributed by atoms with Crippen molar-refractivity contribution < 1.29 is 19.3 Å². The van der Waals surface area contributed by atoms with Crippen molar-refractivity contribution in [2.45, 2.75) is 79.9 Å². The first-order valence-electron chi connectivity index (χ1n) is 14.4.